The van der Waals surface area contributed by atoms with Crippen LogP contribution in [0.4, 0.5) is 4.39 Å². The molecule has 0 saturated carbocycles. The third-order valence-corrected chi connectivity index (χ3v) is 3.57. The highest BCUT2D eigenvalue weighted by Crippen LogP contribution is 2.27. The van der Waals surface area contributed by atoms with E-state index in [2.05, 4.69) is 5.32 Å². The number of hydrogen-bond acceptors (Lipinski definition) is 2. The Labute approximate surface area is 128 Å². The first-order valence-electron chi connectivity index (χ1n) is 7.09. The maximum Gasteiger partial charge on any atom is 0.250 e. The van der Waals surface area contributed by atoms with E-state index < -0.39 is 0 Å². The van der Waals surface area contributed by atoms with Gasteiger partial charge in [-0.05, 0) is 31.2 Å². The van der Waals surface area contributed by atoms with E-state index >= 15 is 0 Å². The predicted octanol–water partition coefficient (Wildman–Crippen LogP) is 3.23. The monoisotopic (exact) mass is 297 g/mol. The Morgan fingerprint density at radius 3 is 2.91 bits per heavy atom. The van der Waals surface area contributed by atoms with Crippen molar-refractivity contribution < 1.29 is 13.9 Å². The number of carbonyl (C=O) groups is 1. The van der Waals surface area contributed by atoms with Crippen LogP contribution in [-0.4, -0.2) is 12.5 Å². The van der Waals surface area contributed by atoms with Crippen molar-refractivity contribution in [3.8, 4) is 5.75 Å². The summed E-state index contributed by atoms with van der Waals surface area (Å²) in [6.07, 6.45) is 1.82. The lowest BCUT2D eigenvalue weighted by molar-refractivity contribution is -0.117. The number of rotatable bonds is 3. The molecule has 3 rings (SSSR count). The second-order valence-electron chi connectivity index (χ2n) is 5.27. The fourth-order valence-corrected chi connectivity index (χ4v) is 2.36. The van der Waals surface area contributed by atoms with Gasteiger partial charge in [0.2, 0.25) is 0 Å². The number of halogens is 1. The van der Waals surface area contributed by atoms with Crippen molar-refractivity contribution in [1.29, 1.82) is 0 Å². The SMILES string of the molecule is Cc1ccc2c(c1)C=C(C(=O)NCc1ccccc1F)CO2. The van der Waals surface area contributed by atoms with E-state index in [-0.39, 0.29) is 24.9 Å². The Balaban J connectivity index is 1.72. The topological polar surface area (TPSA) is 38.3 Å². The number of aryl methyl sites for hydroxylation is 1. The molecule has 1 heterocycles. The number of amides is 1. The normalized spacial score (nSPS) is 12.9. The Morgan fingerprint density at radius 2 is 2.09 bits per heavy atom. The van der Waals surface area contributed by atoms with E-state index in [0.717, 1.165) is 16.9 Å². The fourth-order valence-electron chi connectivity index (χ4n) is 2.36. The van der Waals surface area contributed by atoms with Gasteiger partial charge in [-0.3, -0.25) is 4.79 Å². The number of fused-ring (bicyclic) bond motifs is 1. The van der Waals surface area contributed by atoms with Gasteiger partial charge in [-0.2, -0.15) is 0 Å². The molecule has 1 amide bonds. The fraction of sp³-hybridized carbons (Fsp3) is 0.167. The smallest absolute Gasteiger partial charge is 0.250 e. The first-order chi connectivity index (χ1) is 10.6. The van der Waals surface area contributed by atoms with Crippen molar-refractivity contribution in [2.24, 2.45) is 0 Å². The Morgan fingerprint density at radius 1 is 1.27 bits per heavy atom. The molecule has 0 unspecified atom stereocenters. The molecule has 0 radical (unpaired) electrons. The van der Waals surface area contributed by atoms with Crippen LogP contribution in [0.2, 0.25) is 0 Å². The number of nitrogens with one attached hydrogen (secondary N) is 1. The molecule has 0 saturated heterocycles. The van der Waals surface area contributed by atoms with Crippen LogP contribution in [0, 0.1) is 12.7 Å². The summed E-state index contributed by atoms with van der Waals surface area (Å²) in [5.41, 5.74) is 2.99. The van der Waals surface area contributed by atoms with Crippen molar-refractivity contribution in [1.82, 2.24) is 5.32 Å². The third kappa shape index (κ3) is 3.01. The van der Waals surface area contributed by atoms with E-state index in [0.29, 0.717) is 11.1 Å². The van der Waals surface area contributed by atoms with E-state index in [4.69, 9.17) is 4.74 Å². The van der Waals surface area contributed by atoms with Crippen molar-refractivity contribution >= 4 is 12.0 Å². The Hall–Kier alpha value is -2.62. The Bertz CT molecular complexity index is 753. The van der Waals surface area contributed by atoms with Gasteiger partial charge in [0.25, 0.3) is 5.91 Å². The first kappa shape index (κ1) is 14.3. The predicted molar refractivity (Wildman–Crippen MR) is 82.9 cm³/mol. The van der Waals surface area contributed by atoms with Crippen LogP contribution in [0.1, 0.15) is 16.7 Å². The maximum absolute atomic E-state index is 13.5. The van der Waals surface area contributed by atoms with Crippen LogP contribution in [0.5, 0.6) is 5.75 Å². The zero-order chi connectivity index (χ0) is 15.5. The Kier molecular flexibility index (Phi) is 3.92. The summed E-state index contributed by atoms with van der Waals surface area (Å²) >= 11 is 0. The number of benzene rings is 2. The lowest BCUT2D eigenvalue weighted by atomic mass is 10.0. The maximum atomic E-state index is 13.5. The molecule has 0 atom stereocenters. The first-order valence-corrected chi connectivity index (χ1v) is 7.09. The van der Waals surface area contributed by atoms with Crippen molar-refractivity contribution in [2.75, 3.05) is 6.61 Å². The van der Waals surface area contributed by atoms with Gasteiger partial charge in [0.15, 0.2) is 0 Å². The minimum absolute atomic E-state index is 0.156. The van der Waals surface area contributed by atoms with Gasteiger partial charge >= 0.3 is 0 Å². The van der Waals surface area contributed by atoms with Gasteiger partial charge in [0, 0.05) is 17.7 Å². The van der Waals surface area contributed by atoms with Crippen LogP contribution in [-0.2, 0) is 11.3 Å². The zero-order valence-corrected chi connectivity index (χ0v) is 12.2. The van der Waals surface area contributed by atoms with Crippen LogP contribution in [0.3, 0.4) is 0 Å². The molecule has 1 aliphatic heterocycles. The number of ether oxygens (including phenoxy) is 1. The third-order valence-electron chi connectivity index (χ3n) is 3.57. The highest BCUT2D eigenvalue weighted by atomic mass is 19.1. The van der Waals surface area contributed by atoms with Crippen molar-refractivity contribution in [3.63, 3.8) is 0 Å². The molecule has 0 aliphatic carbocycles. The van der Waals surface area contributed by atoms with Crippen molar-refractivity contribution in [3.05, 3.63) is 70.5 Å². The molecule has 112 valence electrons. The second kappa shape index (κ2) is 6.02. The van der Waals surface area contributed by atoms with E-state index in [1.165, 1.54) is 6.07 Å². The van der Waals surface area contributed by atoms with Gasteiger partial charge in [-0.15, -0.1) is 0 Å². The molecule has 2 aromatic rings. The van der Waals surface area contributed by atoms with Gasteiger partial charge < -0.3 is 10.1 Å². The minimum atomic E-state index is -0.322. The summed E-state index contributed by atoms with van der Waals surface area (Å²) in [6.45, 7) is 2.36. The average molecular weight is 297 g/mol. The quantitative estimate of drug-likeness (QED) is 0.944. The minimum Gasteiger partial charge on any atom is -0.488 e. The standard InChI is InChI=1S/C18H16FNO2/c1-12-6-7-17-14(8-12)9-15(11-22-17)18(21)20-10-13-4-2-3-5-16(13)19/h2-9H,10-11H2,1H3,(H,20,21). The van der Waals surface area contributed by atoms with Crippen LogP contribution < -0.4 is 10.1 Å². The van der Waals surface area contributed by atoms with Gasteiger partial charge in [-0.1, -0.05) is 29.8 Å². The molecule has 0 spiro atoms. The second-order valence-corrected chi connectivity index (χ2v) is 5.27. The summed E-state index contributed by atoms with van der Waals surface area (Å²) in [4.78, 5) is 12.2. The highest BCUT2D eigenvalue weighted by molar-refractivity contribution is 5.99. The molecular formula is C18H16FNO2. The molecule has 1 aliphatic rings. The average Bonchev–Trinajstić information content (AvgIpc) is 2.53. The van der Waals surface area contributed by atoms with E-state index in [1.807, 2.05) is 31.2 Å². The summed E-state index contributed by atoms with van der Waals surface area (Å²) < 4.78 is 19.1. The number of hydrogen-bond donors (Lipinski definition) is 1. The summed E-state index contributed by atoms with van der Waals surface area (Å²) in [5, 5.41) is 2.73. The molecule has 0 bridgehead atoms. The van der Waals surface area contributed by atoms with Gasteiger partial charge in [-0.25, -0.2) is 4.39 Å². The molecule has 22 heavy (non-hydrogen) atoms. The lowest BCUT2D eigenvalue weighted by Crippen LogP contribution is -2.28. The van der Waals surface area contributed by atoms with Gasteiger partial charge in [0.1, 0.15) is 18.2 Å². The van der Waals surface area contributed by atoms with Crippen LogP contribution in [0.15, 0.2) is 48.0 Å². The van der Waals surface area contributed by atoms with Crippen LogP contribution >= 0.6 is 0 Å². The van der Waals surface area contributed by atoms with Crippen LogP contribution in [0.25, 0.3) is 6.08 Å². The summed E-state index contributed by atoms with van der Waals surface area (Å²) in [5.74, 6) is 0.212. The van der Waals surface area contributed by atoms with Crippen molar-refractivity contribution in [2.45, 2.75) is 13.5 Å². The van der Waals surface area contributed by atoms with E-state index in [9.17, 15) is 9.18 Å². The molecule has 0 aromatic heterocycles. The molecular weight excluding hydrogens is 281 g/mol. The zero-order valence-electron chi connectivity index (χ0n) is 12.2. The highest BCUT2D eigenvalue weighted by Gasteiger charge is 2.17. The summed E-state index contributed by atoms with van der Waals surface area (Å²) in [6, 6.07) is 12.2. The molecule has 1 N–H and O–H groups in total. The van der Waals surface area contributed by atoms with Gasteiger partial charge in [0.05, 0.1) is 5.57 Å². The number of carbonyl (C=O) groups excluding carboxylic acids is 1. The summed E-state index contributed by atoms with van der Waals surface area (Å²) in [7, 11) is 0. The molecule has 3 nitrogen and oxygen atoms in total. The van der Waals surface area contributed by atoms with E-state index in [1.54, 1.807) is 18.2 Å². The molecule has 2 aromatic carbocycles. The molecule has 4 heteroatoms. The molecule has 0 fully saturated rings. The lowest BCUT2D eigenvalue weighted by Gasteiger charge is -2.18. The largest absolute Gasteiger partial charge is 0.488 e.